The molecule has 0 bridgehead atoms. The van der Waals surface area contributed by atoms with Crippen LogP contribution in [0.15, 0.2) is 0 Å². The van der Waals surface area contributed by atoms with E-state index in [1.54, 1.807) is 6.92 Å². The molecule has 3 N–H and O–H groups in total. The molecule has 0 aliphatic carbocycles. The van der Waals surface area contributed by atoms with Crippen LogP contribution in [0.3, 0.4) is 0 Å². The molecule has 1 heterocycles. The van der Waals surface area contributed by atoms with Crippen LogP contribution >= 0.6 is 0 Å². The molecule has 1 aliphatic rings. The quantitative estimate of drug-likeness (QED) is 0.563. The van der Waals surface area contributed by atoms with Crippen LogP contribution in [0.2, 0.25) is 0 Å². The predicted octanol–water partition coefficient (Wildman–Crippen LogP) is -0.376. The van der Waals surface area contributed by atoms with Crippen molar-refractivity contribution in [1.82, 2.24) is 10.6 Å². The first-order valence-electron chi connectivity index (χ1n) is 4.64. The highest BCUT2D eigenvalue weighted by molar-refractivity contribution is 5.80. The zero-order chi connectivity index (χ0) is 10.1. The normalized spacial score (nSPS) is 28.6. The van der Waals surface area contributed by atoms with Crippen molar-refractivity contribution in [1.29, 1.82) is 0 Å². The van der Waals surface area contributed by atoms with Gasteiger partial charge in [-0.25, -0.2) is 0 Å². The Bertz CT molecular complexity index is 202. The number of hydrogen-bond donors (Lipinski definition) is 3. The molecule has 1 unspecified atom stereocenters. The molecule has 1 rings (SSSR count). The van der Waals surface area contributed by atoms with Crippen molar-refractivity contribution in [3.05, 3.63) is 0 Å². The number of nitrogens with one attached hydrogen (secondary N) is 2. The van der Waals surface area contributed by atoms with Crippen LogP contribution < -0.4 is 10.6 Å². The van der Waals surface area contributed by atoms with Crippen molar-refractivity contribution in [3.63, 3.8) is 0 Å². The van der Waals surface area contributed by atoms with Gasteiger partial charge in [0.25, 0.3) is 0 Å². The van der Waals surface area contributed by atoms with Crippen LogP contribution in [0.4, 0.5) is 0 Å². The fraction of sp³-hybridized carbons (Fsp3) is 0.889. The van der Waals surface area contributed by atoms with Gasteiger partial charge in [0.2, 0.25) is 5.91 Å². The lowest BCUT2D eigenvalue weighted by molar-refractivity contribution is -0.119. The number of hydrogen-bond acceptors (Lipinski definition) is 3. The molecule has 0 saturated carbocycles. The van der Waals surface area contributed by atoms with E-state index in [0.29, 0.717) is 13.0 Å². The van der Waals surface area contributed by atoms with Gasteiger partial charge in [-0.1, -0.05) is 0 Å². The minimum Gasteiger partial charge on any atom is -0.392 e. The smallest absolute Gasteiger partial charge is 0.222 e. The molecule has 76 valence electrons. The number of amides is 1. The lowest BCUT2D eigenvalue weighted by atomic mass is 9.97. The van der Waals surface area contributed by atoms with E-state index < -0.39 is 0 Å². The van der Waals surface area contributed by atoms with Crippen molar-refractivity contribution < 1.29 is 9.90 Å². The molecule has 0 radical (unpaired) electrons. The summed E-state index contributed by atoms with van der Waals surface area (Å²) in [5.74, 6) is 0.0769. The maximum Gasteiger partial charge on any atom is 0.222 e. The molecule has 0 spiro atoms. The standard InChI is InChI=1S/C9H18N2O2/c1-6(12)5-10-7-4-8(13)11-9(7,2)3/h6-7,10,12H,4-5H2,1-3H3,(H,11,13)/t6-,7?/m1/s1. The van der Waals surface area contributed by atoms with E-state index in [-0.39, 0.29) is 23.6 Å². The van der Waals surface area contributed by atoms with E-state index in [1.165, 1.54) is 0 Å². The van der Waals surface area contributed by atoms with Gasteiger partial charge >= 0.3 is 0 Å². The third-order valence-electron chi connectivity index (χ3n) is 2.38. The van der Waals surface area contributed by atoms with Gasteiger partial charge in [0, 0.05) is 19.0 Å². The van der Waals surface area contributed by atoms with E-state index in [4.69, 9.17) is 5.11 Å². The monoisotopic (exact) mass is 186 g/mol. The lowest BCUT2D eigenvalue weighted by Crippen LogP contribution is -2.50. The molecule has 4 heteroatoms. The van der Waals surface area contributed by atoms with Crippen LogP contribution in [0, 0.1) is 0 Å². The molecule has 1 saturated heterocycles. The Morgan fingerprint density at radius 2 is 2.38 bits per heavy atom. The van der Waals surface area contributed by atoms with Crippen molar-refractivity contribution in [2.24, 2.45) is 0 Å². The van der Waals surface area contributed by atoms with Crippen LogP contribution in [-0.4, -0.2) is 35.2 Å². The molecular formula is C9H18N2O2. The fourth-order valence-corrected chi connectivity index (χ4v) is 1.58. The summed E-state index contributed by atoms with van der Waals surface area (Å²) in [6.07, 6.45) is 0.131. The Labute approximate surface area is 78.7 Å². The number of carbonyl (C=O) groups is 1. The van der Waals surface area contributed by atoms with E-state index in [2.05, 4.69) is 10.6 Å². The molecule has 0 aromatic rings. The molecule has 4 nitrogen and oxygen atoms in total. The molecule has 1 amide bonds. The number of aliphatic hydroxyl groups excluding tert-OH is 1. The minimum atomic E-state index is -0.369. The third-order valence-corrected chi connectivity index (χ3v) is 2.38. The average Bonchev–Trinajstić information content (AvgIpc) is 2.19. The Morgan fingerprint density at radius 1 is 1.77 bits per heavy atom. The second-order valence-corrected chi connectivity index (χ2v) is 4.28. The third kappa shape index (κ3) is 2.67. The largest absolute Gasteiger partial charge is 0.392 e. The number of rotatable bonds is 3. The summed E-state index contributed by atoms with van der Waals surface area (Å²) >= 11 is 0. The van der Waals surface area contributed by atoms with Crippen molar-refractivity contribution >= 4 is 5.91 Å². The van der Waals surface area contributed by atoms with E-state index >= 15 is 0 Å². The van der Waals surface area contributed by atoms with Crippen LogP contribution in [-0.2, 0) is 4.79 Å². The highest BCUT2D eigenvalue weighted by atomic mass is 16.3. The maximum absolute atomic E-state index is 11.1. The second kappa shape index (κ2) is 3.64. The highest BCUT2D eigenvalue weighted by Gasteiger charge is 2.38. The molecule has 13 heavy (non-hydrogen) atoms. The Hall–Kier alpha value is -0.610. The molecule has 0 aromatic carbocycles. The Morgan fingerprint density at radius 3 is 2.77 bits per heavy atom. The minimum absolute atomic E-state index is 0.0769. The van der Waals surface area contributed by atoms with E-state index in [9.17, 15) is 4.79 Å². The SMILES string of the molecule is C[C@@H](O)CNC1CC(=O)NC1(C)C. The van der Waals surface area contributed by atoms with Crippen molar-refractivity contribution in [2.75, 3.05) is 6.54 Å². The maximum atomic E-state index is 11.1. The number of carbonyl (C=O) groups excluding carboxylic acids is 1. The van der Waals surface area contributed by atoms with Gasteiger partial charge in [-0.15, -0.1) is 0 Å². The zero-order valence-electron chi connectivity index (χ0n) is 8.42. The van der Waals surface area contributed by atoms with Crippen LogP contribution in [0.5, 0.6) is 0 Å². The summed E-state index contributed by atoms with van der Waals surface area (Å²) in [6, 6.07) is 0.120. The van der Waals surface area contributed by atoms with Gasteiger partial charge in [0.05, 0.1) is 11.6 Å². The first-order valence-corrected chi connectivity index (χ1v) is 4.64. The molecule has 1 aliphatic heterocycles. The number of aliphatic hydroxyl groups is 1. The summed E-state index contributed by atoms with van der Waals surface area (Å²) in [4.78, 5) is 11.1. The van der Waals surface area contributed by atoms with Crippen molar-refractivity contribution in [3.8, 4) is 0 Å². The van der Waals surface area contributed by atoms with E-state index in [0.717, 1.165) is 0 Å². The summed E-state index contributed by atoms with van der Waals surface area (Å²) in [6.45, 7) is 6.22. The summed E-state index contributed by atoms with van der Waals surface area (Å²) < 4.78 is 0. The summed E-state index contributed by atoms with van der Waals surface area (Å²) in [7, 11) is 0. The summed E-state index contributed by atoms with van der Waals surface area (Å²) in [5.41, 5.74) is -0.202. The van der Waals surface area contributed by atoms with Crippen molar-refractivity contribution in [2.45, 2.75) is 44.9 Å². The Kier molecular flexibility index (Phi) is 2.93. The molecule has 1 fully saturated rings. The first kappa shape index (κ1) is 10.5. The second-order valence-electron chi connectivity index (χ2n) is 4.28. The van der Waals surface area contributed by atoms with E-state index in [1.807, 2.05) is 13.8 Å². The molecule has 2 atom stereocenters. The molecule has 0 aromatic heterocycles. The van der Waals surface area contributed by atoms with Gasteiger partial charge < -0.3 is 15.7 Å². The summed E-state index contributed by atoms with van der Waals surface area (Å²) in [5, 5.41) is 15.1. The zero-order valence-corrected chi connectivity index (χ0v) is 8.42. The predicted molar refractivity (Wildman–Crippen MR) is 50.3 cm³/mol. The highest BCUT2D eigenvalue weighted by Crippen LogP contribution is 2.19. The van der Waals surface area contributed by atoms with Gasteiger partial charge in [0.15, 0.2) is 0 Å². The van der Waals surface area contributed by atoms with Crippen LogP contribution in [0.25, 0.3) is 0 Å². The van der Waals surface area contributed by atoms with Gasteiger partial charge in [0.1, 0.15) is 0 Å². The van der Waals surface area contributed by atoms with Crippen LogP contribution in [0.1, 0.15) is 27.2 Å². The van der Waals surface area contributed by atoms with Gasteiger partial charge in [-0.2, -0.15) is 0 Å². The lowest BCUT2D eigenvalue weighted by Gasteiger charge is -2.27. The fourth-order valence-electron chi connectivity index (χ4n) is 1.58. The first-order chi connectivity index (χ1) is 5.92. The topological polar surface area (TPSA) is 61.4 Å². The average molecular weight is 186 g/mol. The van der Waals surface area contributed by atoms with Gasteiger partial charge in [-0.05, 0) is 20.8 Å². The Balaban J connectivity index is 2.45. The molecular weight excluding hydrogens is 168 g/mol. The van der Waals surface area contributed by atoms with Gasteiger partial charge in [-0.3, -0.25) is 4.79 Å².